The highest BCUT2D eigenvalue weighted by atomic mass is 127. The molecule has 1 aromatic rings. The summed E-state index contributed by atoms with van der Waals surface area (Å²) < 4.78 is 23.1. The first-order valence-electron chi connectivity index (χ1n) is 5.57. The molecule has 0 aromatic heterocycles. The highest BCUT2D eigenvalue weighted by Crippen LogP contribution is 2.29. The molecule has 1 aromatic carbocycles. The van der Waals surface area contributed by atoms with E-state index in [0.29, 0.717) is 39.6 Å². The summed E-state index contributed by atoms with van der Waals surface area (Å²) in [5.41, 5.74) is 0. The average Bonchev–Trinajstić information content (AvgIpc) is 2.31. The SMILES string of the molecule is Ic1ccc2c(c1)OCCOCCOCCO2. The molecule has 0 amide bonds. The molecule has 4 nitrogen and oxygen atoms in total. The molecule has 0 N–H and O–H groups in total. The van der Waals surface area contributed by atoms with E-state index >= 15 is 0 Å². The van der Waals surface area contributed by atoms with Crippen molar-refractivity contribution in [2.24, 2.45) is 0 Å². The molecule has 1 heterocycles. The van der Waals surface area contributed by atoms with E-state index < -0.39 is 0 Å². The van der Waals surface area contributed by atoms with E-state index in [1.54, 1.807) is 0 Å². The van der Waals surface area contributed by atoms with Crippen LogP contribution in [-0.2, 0) is 9.47 Å². The summed E-state index contributed by atoms with van der Waals surface area (Å²) >= 11 is 2.25. The van der Waals surface area contributed by atoms with Crippen LogP contribution in [0.1, 0.15) is 0 Å². The molecule has 0 spiro atoms. The van der Waals surface area contributed by atoms with Gasteiger partial charge in [-0.15, -0.1) is 0 Å². The molecule has 0 radical (unpaired) electrons. The van der Waals surface area contributed by atoms with Gasteiger partial charge in [0, 0.05) is 3.57 Å². The monoisotopic (exact) mass is 350 g/mol. The molecule has 0 fully saturated rings. The molecule has 0 aliphatic carbocycles. The van der Waals surface area contributed by atoms with Crippen molar-refractivity contribution in [3.63, 3.8) is 0 Å². The third kappa shape index (κ3) is 4.33. The molecule has 1 aliphatic heterocycles. The van der Waals surface area contributed by atoms with Crippen LogP contribution < -0.4 is 9.47 Å². The number of hydrogen-bond acceptors (Lipinski definition) is 4. The van der Waals surface area contributed by atoms with Crippen LogP contribution in [-0.4, -0.2) is 39.6 Å². The van der Waals surface area contributed by atoms with Crippen LogP contribution in [0.5, 0.6) is 11.5 Å². The molecule has 0 unspecified atom stereocenters. The third-order valence-corrected chi connectivity index (χ3v) is 2.92. The van der Waals surface area contributed by atoms with Crippen molar-refractivity contribution in [2.75, 3.05) is 39.6 Å². The number of fused-ring (bicyclic) bond motifs is 1. The summed E-state index contributed by atoms with van der Waals surface area (Å²) in [5, 5.41) is 0. The Morgan fingerprint density at radius 1 is 0.765 bits per heavy atom. The second-order valence-corrected chi connectivity index (χ2v) is 4.76. The second-order valence-electron chi connectivity index (χ2n) is 3.51. The van der Waals surface area contributed by atoms with Crippen molar-refractivity contribution >= 4 is 22.6 Å². The van der Waals surface area contributed by atoms with Crippen molar-refractivity contribution in [3.8, 4) is 11.5 Å². The van der Waals surface area contributed by atoms with Crippen molar-refractivity contribution in [1.29, 1.82) is 0 Å². The van der Waals surface area contributed by atoms with Gasteiger partial charge in [0.25, 0.3) is 0 Å². The van der Waals surface area contributed by atoms with Gasteiger partial charge in [0.2, 0.25) is 0 Å². The Morgan fingerprint density at radius 3 is 2.06 bits per heavy atom. The van der Waals surface area contributed by atoms with E-state index in [1.165, 1.54) is 0 Å². The normalized spacial score (nSPS) is 17.9. The van der Waals surface area contributed by atoms with Gasteiger partial charge < -0.3 is 18.9 Å². The molecule has 1 aliphatic rings. The first-order valence-corrected chi connectivity index (χ1v) is 6.65. The Hall–Kier alpha value is -0.530. The maximum absolute atomic E-state index is 5.65. The third-order valence-electron chi connectivity index (χ3n) is 2.25. The minimum absolute atomic E-state index is 0.524. The van der Waals surface area contributed by atoms with Crippen LogP contribution in [0.25, 0.3) is 0 Å². The largest absolute Gasteiger partial charge is 0.487 e. The molecule has 17 heavy (non-hydrogen) atoms. The lowest BCUT2D eigenvalue weighted by Crippen LogP contribution is -2.15. The second kappa shape index (κ2) is 7.03. The Morgan fingerprint density at radius 2 is 1.35 bits per heavy atom. The van der Waals surface area contributed by atoms with Gasteiger partial charge in [-0.05, 0) is 40.8 Å². The zero-order valence-electron chi connectivity index (χ0n) is 9.49. The van der Waals surface area contributed by atoms with Gasteiger partial charge in [-0.2, -0.15) is 0 Å². The molecule has 0 saturated carbocycles. The molecule has 0 bridgehead atoms. The van der Waals surface area contributed by atoms with Gasteiger partial charge in [0.05, 0.1) is 26.4 Å². The smallest absolute Gasteiger partial charge is 0.162 e. The lowest BCUT2D eigenvalue weighted by Gasteiger charge is -2.15. The lowest BCUT2D eigenvalue weighted by atomic mass is 10.3. The summed E-state index contributed by atoms with van der Waals surface area (Å²) in [6, 6.07) is 5.87. The van der Waals surface area contributed by atoms with E-state index in [-0.39, 0.29) is 0 Å². The molecular weight excluding hydrogens is 335 g/mol. The molecule has 2 rings (SSSR count). The van der Waals surface area contributed by atoms with Crippen molar-refractivity contribution in [2.45, 2.75) is 0 Å². The Labute approximate surface area is 114 Å². The zero-order valence-corrected chi connectivity index (χ0v) is 11.6. The highest BCUT2D eigenvalue weighted by molar-refractivity contribution is 14.1. The number of rotatable bonds is 0. The fourth-order valence-electron chi connectivity index (χ4n) is 1.46. The summed E-state index contributed by atoms with van der Waals surface area (Å²) in [6.45, 7) is 3.38. The van der Waals surface area contributed by atoms with E-state index in [0.717, 1.165) is 15.1 Å². The minimum atomic E-state index is 0.524. The predicted octanol–water partition coefficient (Wildman–Crippen LogP) is 2.10. The molecule has 0 atom stereocenters. The summed E-state index contributed by atoms with van der Waals surface area (Å²) in [6.07, 6.45) is 0. The van der Waals surface area contributed by atoms with Crippen LogP contribution in [0.15, 0.2) is 18.2 Å². The summed E-state index contributed by atoms with van der Waals surface area (Å²) in [5.74, 6) is 1.52. The molecule has 5 heteroatoms. The Bertz CT molecular complexity index is 356. The number of halogens is 1. The summed E-state index contributed by atoms with van der Waals surface area (Å²) in [7, 11) is 0. The Kier molecular flexibility index (Phi) is 5.34. The molecule has 94 valence electrons. The maximum Gasteiger partial charge on any atom is 0.162 e. The van der Waals surface area contributed by atoms with Crippen molar-refractivity contribution < 1.29 is 18.9 Å². The standard InChI is InChI=1S/C12H15IO4/c13-10-1-2-11-12(9-10)17-8-6-15-4-3-14-5-7-16-11/h1-2,9H,3-8H2. The van der Waals surface area contributed by atoms with Gasteiger partial charge >= 0.3 is 0 Å². The van der Waals surface area contributed by atoms with Gasteiger partial charge in [-0.25, -0.2) is 0 Å². The quantitative estimate of drug-likeness (QED) is 0.672. The minimum Gasteiger partial charge on any atom is -0.487 e. The van der Waals surface area contributed by atoms with E-state index in [2.05, 4.69) is 22.6 Å². The lowest BCUT2D eigenvalue weighted by molar-refractivity contribution is 0.0223. The average molecular weight is 350 g/mol. The van der Waals surface area contributed by atoms with Crippen LogP contribution in [0.3, 0.4) is 0 Å². The fraction of sp³-hybridized carbons (Fsp3) is 0.500. The number of hydrogen-bond donors (Lipinski definition) is 0. The van der Waals surface area contributed by atoms with Crippen LogP contribution in [0, 0.1) is 3.57 Å². The van der Waals surface area contributed by atoms with Gasteiger partial charge in [0.15, 0.2) is 11.5 Å². The van der Waals surface area contributed by atoms with Crippen LogP contribution >= 0.6 is 22.6 Å². The first-order chi connectivity index (χ1) is 8.36. The van der Waals surface area contributed by atoms with Crippen LogP contribution in [0.2, 0.25) is 0 Å². The first kappa shape index (κ1) is 12.9. The number of benzene rings is 1. The van der Waals surface area contributed by atoms with Crippen molar-refractivity contribution in [3.05, 3.63) is 21.8 Å². The topological polar surface area (TPSA) is 36.9 Å². The zero-order chi connectivity index (χ0) is 11.9. The van der Waals surface area contributed by atoms with E-state index in [9.17, 15) is 0 Å². The summed E-state index contributed by atoms with van der Waals surface area (Å²) in [4.78, 5) is 0. The number of ether oxygens (including phenoxy) is 4. The fourth-order valence-corrected chi connectivity index (χ4v) is 1.92. The van der Waals surface area contributed by atoms with Crippen molar-refractivity contribution in [1.82, 2.24) is 0 Å². The van der Waals surface area contributed by atoms with Crippen LogP contribution in [0.4, 0.5) is 0 Å². The molecular formula is C12H15IO4. The van der Waals surface area contributed by atoms with Gasteiger partial charge in [-0.1, -0.05) is 0 Å². The van der Waals surface area contributed by atoms with E-state index in [1.807, 2.05) is 18.2 Å². The van der Waals surface area contributed by atoms with Gasteiger partial charge in [-0.3, -0.25) is 0 Å². The molecule has 0 saturated heterocycles. The highest BCUT2D eigenvalue weighted by Gasteiger charge is 2.07. The van der Waals surface area contributed by atoms with E-state index in [4.69, 9.17) is 18.9 Å². The predicted molar refractivity (Wildman–Crippen MR) is 71.8 cm³/mol. The Balaban J connectivity index is 2.05. The van der Waals surface area contributed by atoms with Gasteiger partial charge in [0.1, 0.15) is 13.2 Å². The maximum atomic E-state index is 5.65.